The van der Waals surface area contributed by atoms with Gasteiger partial charge in [0.2, 0.25) is 6.79 Å². The first-order valence-electron chi connectivity index (χ1n) is 7.96. The van der Waals surface area contributed by atoms with Gasteiger partial charge in [0, 0.05) is 15.6 Å². The molecule has 0 bridgehead atoms. The van der Waals surface area contributed by atoms with Gasteiger partial charge < -0.3 is 9.47 Å². The lowest BCUT2D eigenvalue weighted by Crippen LogP contribution is -2.18. The lowest BCUT2D eigenvalue weighted by atomic mass is 10.1. The molecule has 7 heteroatoms. The molecule has 0 aliphatic carbocycles. The third kappa shape index (κ3) is 3.02. The van der Waals surface area contributed by atoms with Crippen LogP contribution < -0.4 is 14.9 Å². The predicted octanol–water partition coefficient (Wildman–Crippen LogP) is 4.75. The molecule has 4 rings (SSSR count). The number of carbonyl (C=O) groups is 1. The van der Waals surface area contributed by atoms with Crippen molar-refractivity contribution in [2.24, 2.45) is 5.10 Å². The van der Waals surface area contributed by atoms with Crippen LogP contribution in [-0.2, 0) is 0 Å². The zero-order chi connectivity index (χ0) is 18.3. The lowest BCUT2D eigenvalue weighted by molar-refractivity contribution is 0.0959. The molecule has 0 unspecified atom stereocenters. The van der Waals surface area contributed by atoms with Crippen molar-refractivity contribution in [2.75, 3.05) is 6.79 Å². The summed E-state index contributed by atoms with van der Waals surface area (Å²) in [6, 6.07) is 11.5. The molecule has 3 aromatic rings. The highest BCUT2D eigenvalue weighted by Crippen LogP contribution is 2.36. The van der Waals surface area contributed by atoms with Crippen molar-refractivity contribution in [2.45, 2.75) is 13.8 Å². The first-order valence-corrected chi connectivity index (χ1v) is 9.15. The second kappa shape index (κ2) is 6.63. The summed E-state index contributed by atoms with van der Waals surface area (Å²) in [5, 5.41) is 5.53. The number of nitrogens with zero attached hydrogens (tertiary/aromatic N) is 1. The summed E-state index contributed by atoms with van der Waals surface area (Å²) in [6.07, 6.45) is 0. The highest BCUT2D eigenvalue weighted by molar-refractivity contribution is 7.21. The molecule has 1 N–H and O–H groups in total. The Hall–Kier alpha value is -2.57. The van der Waals surface area contributed by atoms with Crippen LogP contribution in [0.5, 0.6) is 11.5 Å². The fourth-order valence-electron chi connectivity index (χ4n) is 2.69. The molecule has 0 radical (unpaired) electrons. The van der Waals surface area contributed by atoms with E-state index in [1.54, 1.807) is 0 Å². The number of carbonyl (C=O) groups excluding carboxylic acids is 1. The van der Waals surface area contributed by atoms with Crippen molar-refractivity contribution >= 4 is 44.6 Å². The fraction of sp³-hybridized carbons (Fsp3) is 0.158. The predicted molar refractivity (Wildman–Crippen MR) is 104 cm³/mol. The van der Waals surface area contributed by atoms with Gasteiger partial charge in [-0.25, -0.2) is 5.43 Å². The topological polar surface area (TPSA) is 59.9 Å². The number of aryl methyl sites for hydroxylation is 1. The summed E-state index contributed by atoms with van der Waals surface area (Å²) in [7, 11) is 0. The molecule has 1 aliphatic heterocycles. The Bertz CT molecular complexity index is 1060. The van der Waals surface area contributed by atoms with Crippen LogP contribution in [0.15, 0.2) is 41.5 Å². The molecule has 26 heavy (non-hydrogen) atoms. The average molecular weight is 387 g/mol. The Morgan fingerprint density at radius 2 is 2.00 bits per heavy atom. The Labute approximate surface area is 159 Å². The van der Waals surface area contributed by atoms with Crippen molar-refractivity contribution in [1.29, 1.82) is 0 Å². The number of thiophene rings is 1. The Balaban J connectivity index is 1.56. The Morgan fingerprint density at radius 3 is 2.85 bits per heavy atom. The average Bonchev–Trinajstić information content (AvgIpc) is 3.23. The highest BCUT2D eigenvalue weighted by atomic mass is 35.5. The fourth-order valence-corrected chi connectivity index (χ4v) is 4.20. The van der Waals surface area contributed by atoms with Crippen molar-refractivity contribution in [3.63, 3.8) is 0 Å². The quantitative estimate of drug-likeness (QED) is 0.522. The second-order valence-electron chi connectivity index (χ2n) is 5.95. The normalized spacial score (nSPS) is 13.3. The van der Waals surface area contributed by atoms with Gasteiger partial charge in [-0.3, -0.25) is 4.79 Å². The molecule has 1 aromatic heterocycles. The third-order valence-corrected chi connectivity index (χ3v) is 5.76. The van der Waals surface area contributed by atoms with Crippen LogP contribution in [0.2, 0.25) is 5.02 Å². The van der Waals surface area contributed by atoms with E-state index in [4.69, 9.17) is 21.1 Å². The van der Waals surface area contributed by atoms with Crippen LogP contribution in [0, 0.1) is 6.92 Å². The molecular weight excluding hydrogens is 372 g/mol. The van der Waals surface area contributed by atoms with Gasteiger partial charge in [0.05, 0.1) is 10.7 Å². The summed E-state index contributed by atoms with van der Waals surface area (Å²) in [6.45, 7) is 4.04. The Morgan fingerprint density at radius 1 is 1.19 bits per heavy atom. The maximum atomic E-state index is 12.5. The van der Waals surface area contributed by atoms with E-state index in [-0.39, 0.29) is 12.7 Å². The number of hydrogen-bond donors (Lipinski definition) is 1. The number of fused-ring (bicyclic) bond motifs is 2. The number of hydrogen-bond acceptors (Lipinski definition) is 5. The van der Waals surface area contributed by atoms with E-state index in [9.17, 15) is 4.79 Å². The number of rotatable bonds is 3. The summed E-state index contributed by atoms with van der Waals surface area (Å²) in [5.74, 6) is 1.05. The van der Waals surface area contributed by atoms with Gasteiger partial charge in [-0.05, 0) is 43.7 Å². The van der Waals surface area contributed by atoms with Crippen molar-refractivity contribution in [1.82, 2.24) is 5.43 Å². The maximum Gasteiger partial charge on any atom is 0.283 e. The van der Waals surface area contributed by atoms with Crippen molar-refractivity contribution in [3.8, 4) is 11.5 Å². The molecule has 2 heterocycles. The van der Waals surface area contributed by atoms with E-state index in [1.165, 1.54) is 11.3 Å². The van der Waals surface area contributed by atoms with E-state index in [1.807, 2.05) is 50.2 Å². The minimum atomic E-state index is -0.325. The van der Waals surface area contributed by atoms with Crippen molar-refractivity contribution in [3.05, 3.63) is 57.4 Å². The molecule has 1 aliphatic rings. The molecule has 0 saturated heterocycles. The van der Waals surface area contributed by atoms with E-state index < -0.39 is 0 Å². The van der Waals surface area contributed by atoms with Gasteiger partial charge in [-0.15, -0.1) is 11.3 Å². The van der Waals surface area contributed by atoms with E-state index in [0.29, 0.717) is 27.1 Å². The Kier molecular flexibility index (Phi) is 4.30. The SMILES string of the molecule is C/C(=N\NC(=O)c1sc2cc(C)ccc2c1Cl)c1ccc2c(c1)OCO2. The standard InChI is InChI=1S/C19H15ClN2O3S/c1-10-3-5-13-16(7-10)26-18(17(13)20)19(23)22-21-11(2)12-4-6-14-15(8-12)25-9-24-14/h3-8H,9H2,1-2H3,(H,22,23)/b21-11+. The van der Waals surface area contributed by atoms with Crippen LogP contribution in [0.3, 0.4) is 0 Å². The second-order valence-corrected chi connectivity index (χ2v) is 7.38. The van der Waals surface area contributed by atoms with Crippen LogP contribution in [-0.4, -0.2) is 18.4 Å². The first kappa shape index (κ1) is 16.9. The number of amides is 1. The molecule has 1 amide bonds. The van der Waals surface area contributed by atoms with Crippen LogP contribution >= 0.6 is 22.9 Å². The van der Waals surface area contributed by atoms with E-state index in [0.717, 1.165) is 21.2 Å². The third-order valence-electron chi connectivity index (χ3n) is 4.11. The summed E-state index contributed by atoms with van der Waals surface area (Å²) >= 11 is 7.73. The van der Waals surface area contributed by atoms with Gasteiger partial charge in [0.25, 0.3) is 5.91 Å². The molecule has 5 nitrogen and oxygen atoms in total. The molecule has 0 spiro atoms. The van der Waals surface area contributed by atoms with Gasteiger partial charge in [-0.1, -0.05) is 23.7 Å². The van der Waals surface area contributed by atoms with E-state index in [2.05, 4.69) is 10.5 Å². The molecule has 0 fully saturated rings. The minimum absolute atomic E-state index is 0.218. The number of hydrazone groups is 1. The van der Waals surface area contributed by atoms with Gasteiger partial charge >= 0.3 is 0 Å². The van der Waals surface area contributed by atoms with Gasteiger partial charge in [0.1, 0.15) is 4.88 Å². The molecular formula is C19H15ClN2O3S. The molecule has 132 valence electrons. The van der Waals surface area contributed by atoms with Crippen LogP contribution in [0.25, 0.3) is 10.1 Å². The zero-order valence-corrected chi connectivity index (χ0v) is 15.7. The molecule has 0 atom stereocenters. The first-order chi connectivity index (χ1) is 12.5. The number of benzene rings is 2. The maximum absolute atomic E-state index is 12.5. The summed E-state index contributed by atoms with van der Waals surface area (Å²) in [4.78, 5) is 13.0. The smallest absolute Gasteiger partial charge is 0.283 e. The van der Waals surface area contributed by atoms with E-state index >= 15 is 0 Å². The highest BCUT2D eigenvalue weighted by Gasteiger charge is 2.18. The van der Waals surface area contributed by atoms with Crippen molar-refractivity contribution < 1.29 is 14.3 Å². The monoisotopic (exact) mass is 386 g/mol. The van der Waals surface area contributed by atoms with Crippen LogP contribution in [0.1, 0.15) is 27.7 Å². The lowest BCUT2D eigenvalue weighted by Gasteiger charge is -2.03. The number of ether oxygens (including phenoxy) is 2. The summed E-state index contributed by atoms with van der Waals surface area (Å²) in [5.41, 5.74) is 5.21. The minimum Gasteiger partial charge on any atom is -0.454 e. The number of nitrogens with one attached hydrogen (secondary N) is 1. The van der Waals surface area contributed by atoms with Gasteiger partial charge in [0.15, 0.2) is 11.5 Å². The van der Waals surface area contributed by atoms with Crippen LogP contribution in [0.4, 0.5) is 0 Å². The number of halogens is 1. The van der Waals surface area contributed by atoms with Gasteiger partial charge in [-0.2, -0.15) is 5.10 Å². The largest absolute Gasteiger partial charge is 0.454 e. The zero-order valence-electron chi connectivity index (χ0n) is 14.1. The summed E-state index contributed by atoms with van der Waals surface area (Å²) < 4.78 is 11.6. The molecule has 0 saturated carbocycles. The molecule has 2 aromatic carbocycles.